The van der Waals surface area contributed by atoms with Crippen LogP contribution in [-0.2, 0) is 16.1 Å². The van der Waals surface area contributed by atoms with E-state index in [-0.39, 0.29) is 11.5 Å². The molecule has 1 aliphatic rings. The van der Waals surface area contributed by atoms with E-state index in [1.54, 1.807) is 18.5 Å². The lowest BCUT2D eigenvalue weighted by Gasteiger charge is -2.26. The highest BCUT2D eigenvalue weighted by Crippen LogP contribution is 1.99. The molecule has 0 aliphatic carbocycles. The van der Waals surface area contributed by atoms with Crippen LogP contribution in [0.4, 0.5) is 0 Å². The molecular weight excluding hydrogens is 306 g/mol. The van der Waals surface area contributed by atoms with Crippen molar-refractivity contribution in [2.24, 2.45) is 0 Å². The van der Waals surface area contributed by atoms with Gasteiger partial charge in [-0.3, -0.25) is 14.7 Å². The Kier molecular flexibility index (Phi) is 7.74. The third-order valence-corrected chi connectivity index (χ3v) is 3.69. The van der Waals surface area contributed by atoms with Gasteiger partial charge in [0.25, 0.3) is 5.91 Å². The second-order valence-electron chi connectivity index (χ2n) is 5.48. The molecule has 1 saturated heterocycles. The van der Waals surface area contributed by atoms with Gasteiger partial charge in [-0.25, -0.2) is 0 Å². The summed E-state index contributed by atoms with van der Waals surface area (Å²) in [5.74, 6) is -0.387. The lowest BCUT2D eigenvalue weighted by Crippen LogP contribution is -2.37. The van der Waals surface area contributed by atoms with E-state index in [1.807, 2.05) is 12.1 Å². The molecule has 1 aromatic heterocycles. The summed E-state index contributed by atoms with van der Waals surface area (Å²) in [4.78, 5) is 18.3. The van der Waals surface area contributed by atoms with Crippen molar-refractivity contribution in [1.82, 2.24) is 20.5 Å². The maximum Gasteiger partial charge on any atom is 0.263 e. The number of nitrogens with zero attached hydrogens (tertiary/aromatic N) is 3. The number of aromatic nitrogens is 1. The first-order chi connectivity index (χ1) is 11.8. The van der Waals surface area contributed by atoms with Crippen molar-refractivity contribution >= 4 is 5.91 Å². The predicted octanol–water partition coefficient (Wildman–Crippen LogP) is 0.417. The fraction of sp³-hybridized carbons (Fsp3) is 0.471. The quantitative estimate of drug-likeness (QED) is 0.408. The highest BCUT2D eigenvalue weighted by molar-refractivity contribution is 5.97. The highest BCUT2D eigenvalue weighted by atomic mass is 16.5. The second-order valence-corrected chi connectivity index (χ2v) is 5.48. The average Bonchev–Trinajstić information content (AvgIpc) is 2.64. The number of nitrogens with one attached hydrogen (secondary N) is 2. The number of pyridine rings is 1. The largest absolute Gasteiger partial charge is 0.390 e. The van der Waals surface area contributed by atoms with Gasteiger partial charge < -0.3 is 15.4 Å². The Morgan fingerprint density at radius 3 is 3.00 bits per heavy atom. The SMILES string of the molecule is N#C/C(=C/NCCCN1CCOCC1)C(=O)NCc1cccnc1. The fourth-order valence-corrected chi connectivity index (χ4v) is 2.33. The van der Waals surface area contributed by atoms with Crippen molar-refractivity contribution in [3.63, 3.8) is 0 Å². The molecule has 2 heterocycles. The zero-order chi connectivity index (χ0) is 17.0. The molecule has 0 spiro atoms. The first-order valence-electron chi connectivity index (χ1n) is 8.10. The topological polar surface area (TPSA) is 90.3 Å². The molecule has 0 aromatic carbocycles. The van der Waals surface area contributed by atoms with Crippen molar-refractivity contribution in [3.05, 3.63) is 41.9 Å². The molecule has 0 bridgehead atoms. The minimum absolute atomic E-state index is 0.0743. The van der Waals surface area contributed by atoms with Crippen molar-refractivity contribution in [3.8, 4) is 6.07 Å². The zero-order valence-electron chi connectivity index (χ0n) is 13.7. The number of rotatable bonds is 8. The van der Waals surface area contributed by atoms with Gasteiger partial charge in [-0.2, -0.15) is 5.26 Å². The fourth-order valence-electron chi connectivity index (χ4n) is 2.33. The van der Waals surface area contributed by atoms with Crippen LogP contribution in [0.5, 0.6) is 0 Å². The Labute approximate surface area is 142 Å². The van der Waals surface area contributed by atoms with Crippen molar-refractivity contribution in [2.45, 2.75) is 13.0 Å². The van der Waals surface area contributed by atoms with Gasteiger partial charge in [-0.05, 0) is 24.6 Å². The molecule has 0 saturated carbocycles. The molecule has 128 valence electrons. The lowest BCUT2D eigenvalue weighted by atomic mass is 10.2. The smallest absolute Gasteiger partial charge is 0.263 e. The summed E-state index contributed by atoms with van der Waals surface area (Å²) >= 11 is 0. The Bertz CT molecular complexity index is 576. The summed E-state index contributed by atoms with van der Waals surface area (Å²) in [6.45, 7) is 5.58. The molecule has 2 rings (SSSR count). The number of morpholine rings is 1. The number of hydrogen-bond donors (Lipinski definition) is 2. The van der Waals surface area contributed by atoms with Gasteiger partial charge in [0.1, 0.15) is 11.6 Å². The monoisotopic (exact) mass is 329 g/mol. The van der Waals surface area contributed by atoms with E-state index in [0.717, 1.165) is 51.4 Å². The number of nitriles is 1. The molecule has 0 radical (unpaired) electrons. The van der Waals surface area contributed by atoms with Gasteiger partial charge >= 0.3 is 0 Å². The molecule has 2 N–H and O–H groups in total. The third kappa shape index (κ3) is 6.36. The molecule has 1 aliphatic heterocycles. The molecule has 1 aromatic rings. The van der Waals surface area contributed by atoms with Crippen LogP contribution in [0.3, 0.4) is 0 Å². The molecule has 1 fully saturated rings. The van der Waals surface area contributed by atoms with Crippen molar-refractivity contribution in [2.75, 3.05) is 39.4 Å². The van der Waals surface area contributed by atoms with Gasteiger partial charge in [0, 0.05) is 44.8 Å². The summed E-state index contributed by atoms with van der Waals surface area (Å²) in [5, 5.41) is 14.9. The standard InChI is InChI=1S/C17H23N5O2/c18-11-16(17(23)21-13-15-3-1-4-19-12-15)14-20-5-2-6-22-7-9-24-10-8-22/h1,3-4,12,14,20H,2,5-10,13H2,(H,21,23)/b16-14-. The maximum absolute atomic E-state index is 12.0. The van der Waals surface area contributed by atoms with Gasteiger partial charge in [0.2, 0.25) is 0 Å². The summed E-state index contributed by atoms with van der Waals surface area (Å²) in [6, 6.07) is 5.59. The maximum atomic E-state index is 12.0. The number of carbonyl (C=O) groups excluding carboxylic acids is 1. The van der Waals surface area contributed by atoms with Gasteiger partial charge in [-0.1, -0.05) is 6.07 Å². The molecule has 0 unspecified atom stereocenters. The number of carbonyl (C=O) groups is 1. The summed E-state index contributed by atoms with van der Waals surface area (Å²) in [6.07, 6.45) is 5.79. The first kappa shape index (κ1) is 17.9. The van der Waals surface area contributed by atoms with E-state index < -0.39 is 0 Å². The summed E-state index contributed by atoms with van der Waals surface area (Å²) in [5.41, 5.74) is 0.965. The van der Waals surface area contributed by atoms with Gasteiger partial charge in [0.15, 0.2) is 0 Å². The zero-order valence-corrected chi connectivity index (χ0v) is 13.7. The minimum Gasteiger partial charge on any atom is -0.390 e. The van der Waals surface area contributed by atoms with Crippen LogP contribution in [0.25, 0.3) is 0 Å². The summed E-state index contributed by atoms with van der Waals surface area (Å²) in [7, 11) is 0. The number of hydrogen-bond acceptors (Lipinski definition) is 6. The molecule has 24 heavy (non-hydrogen) atoms. The van der Waals surface area contributed by atoms with E-state index in [2.05, 4.69) is 20.5 Å². The number of ether oxygens (including phenoxy) is 1. The average molecular weight is 329 g/mol. The molecule has 1 amide bonds. The van der Waals surface area contributed by atoms with Gasteiger partial charge in [0.05, 0.1) is 13.2 Å². The van der Waals surface area contributed by atoms with Crippen LogP contribution in [0.2, 0.25) is 0 Å². The van der Waals surface area contributed by atoms with Crippen LogP contribution < -0.4 is 10.6 Å². The Balaban J connectivity index is 1.66. The lowest BCUT2D eigenvalue weighted by molar-refractivity contribution is -0.117. The Morgan fingerprint density at radius 2 is 2.29 bits per heavy atom. The van der Waals surface area contributed by atoms with Crippen LogP contribution in [0.1, 0.15) is 12.0 Å². The van der Waals surface area contributed by atoms with Crippen LogP contribution in [0.15, 0.2) is 36.3 Å². The minimum atomic E-state index is -0.387. The Hall–Kier alpha value is -2.43. The first-order valence-corrected chi connectivity index (χ1v) is 8.10. The van der Waals surface area contributed by atoms with E-state index in [1.165, 1.54) is 6.20 Å². The van der Waals surface area contributed by atoms with E-state index in [0.29, 0.717) is 6.54 Å². The highest BCUT2D eigenvalue weighted by Gasteiger charge is 2.10. The van der Waals surface area contributed by atoms with Gasteiger partial charge in [-0.15, -0.1) is 0 Å². The molecule has 0 atom stereocenters. The normalized spacial score (nSPS) is 15.5. The van der Waals surface area contributed by atoms with E-state index >= 15 is 0 Å². The van der Waals surface area contributed by atoms with Crippen LogP contribution >= 0.6 is 0 Å². The Morgan fingerprint density at radius 1 is 1.46 bits per heavy atom. The molecule has 7 heteroatoms. The van der Waals surface area contributed by atoms with E-state index in [9.17, 15) is 4.79 Å². The van der Waals surface area contributed by atoms with Crippen molar-refractivity contribution < 1.29 is 9.53 Å². The molecular formula is C17H23N5O2. The third-order valence-electron chi connectivity index (χ3n) is 3.69. The van der Waals surface area contributed by atoms with Crippen LogP contribution in [0, 0.1) is 11.3 Å². The second kappa shape index (κ2) is 10.4. The van der Waals surface area contributed by atoms with Crippen molar-refractivity contribution in [1.29, 1.82) is 5.26 Å². The van der Waals surface area contributed by atoms with E-state index in [4.69, 9.17) is 10.00 Å². The number of amides is 1. The predicted molar refractivity (Wildman–Crippen MR) is 89.7 cm³/mol. The summed E-state index contributed by atoms with van der Waals surface area (Å²) < 4.78 is 5.30. The van der Waals surface area contributed by atoms with Crippen LogP contribution in [-0.4, -0.2) is 55.2 Å². The molecule has 7 nitrogen and oxygen atoms in total.